The Labute approximate surface area is 160 Å². The maximum atomic E-state index is 12.5. The second-order valence-corrected chi connectivity index (χ2v) is 6.79. The highest BCUT2D eigenvalue weighted by atomic mass is 16.5. The molecule has 27 heavy (non-hydrogen) atoms. The minimum absolute atomic E-state index is 0.0570. The Morgan fingerprint density at radius 2 is 1.89 bits per heavy atom. The molecule has 1 aliphatic rings. The van der Waals surface area contributed by atoms with Gasteiger partial charge in [-0.25, -0.2) is 0 Å². The molecular formula is C21H27N3O3. The van der Waals surface area contributed by atoms with Crippen molar-refractivity contribution >= 4 is 11.7 Å². The lowest BCUT2D eigenvalue weighted by atomic mass is 10.1. The minimum Gasteiger partial charge on any atom is -0.492 e. The van der Waals surface area contributed by atoms with Crippen LogP contribution in [0.1, 0.15) is 40.1 Å². The second-order valence-electron chi connectivity index (χ2n) is 6.79. The lowest BCUT2D eigenvalue weighted by molar-refractivity contribution is 0.0787. The lowest BCUT2D eigenvalue weighted by Crippen LogP contribution is -2.28. The standard InChI is InChI=1S/C21H27N3O3/c1-23-14-10-19(25)18-9-15-24(20(18)21(23)26)13-6-5-11-22-12-16-27-17-7-3-2-4-8-17/h2-4,7-9,15,22H,5-6,10-14,16H2,1H3. The zero-order valence-electron chi connectivity index (χ0n) is 15.8. The van der Waals surface area contributed by atoms with Crippen LogP contribution in [-0.2, 0) is 6.54 Å². The van der Waals surface area contributed by atoms with Crippen LogP contribution in [0.2, 0.25) is 0 Å². The van der Waals surface area contributed by atoms with Gasteiger partial charge in [-0.15, -0.1) is 0 Å². The summed E-state index contributed by atoms with van der Waals surface area (Å²) in [4.78, 5) is 26.3. The normalized spacial score (nSPS) is 14.2. The number of aromatic nitrogens is 1. The van der Waals surface area contributed by atoms with Gasteiger partial charge >= 0.3 is 0 Å². The van der Waals surface area contributed by atoms with Crippen LogP contribution in [0.5, 0.6) is 5.75 Å². The van der Waals surface area contributed by atoms with Crippen molar-refractivity contribution in [1.29, 1.82) is 0 Å². The Hall–Kier alpha value is -2.60. The molecule has 2 aromatic rings. The fourth-order valence-corrected chi connectivity index (χ4v) is 3.22. The van der Waals surface area contributed by atoms with Crippen molar-refractivity contribution in [2.45, 2.75) is 25.8 Å². The van der Waals surface area contributed by atoms with E-state index in [-0.39, 0.29) is 11.7 Å². The van der Waals surface area contributed by atoms with Gasteiger partial charge in [-0.3, -0.25) is 9.59 Å². The van der Waals surface area contributed by atoms with E-state index >= 15 is 0 Å². The van der Waals surface area contributed by atoms with Gasteiger partial charge < -0.3 is 19.5 Å². The lowest BCUT2D eigenvalue weighted by Gasteiger charge is -2.15. The third-order valence-electron chi connectivity index (χ3n) is 4.78. The molecule has 1 aliphatic heterocycles. The number of Topliss-reactive ketones (excluding diaryl/α,β-unsaturated/α-hetero) is 1. The first-order valence-corrected chi connectivity index (χ1v) is 9.53. The van der Waals surface area contributed by atoms with Crippen molar-refractivity contribution in [2.75, 3.05) is 33.3 Å². The smallest absolute Gasteiger partial charge is 0.270 e. The summed E-state index contributed by atoms with van der Waals surface area (Å²) in [6.07, 6.45) is 4.20. The molecule has 0 radical (unpaired) electrons. The van der Waals surface area contributed by atoms with Crippen molar-refractivity contribution in [3.8, 4) is 5.75 Å². The van der Waals surface area contributed by atoms with Gasteiger partial charge in [-0.2, -0.15) is 0 Å². The second kappa shape index (κ2) is 9.37. The summed E-state index contributed by atoms with van der Waals surface area (Å²) >= 11 is 0. The maximum absolute atomic E-state index is 12.5. The van der Waals surface area contributed by atoms with Crippen LogP contribution in [-0.4, -0.2) is 54.4 Å². The van der Waals surface area contributed by atoms with Crippen LogP contribution in [0.3, 0.4) is 0 Å². The number of benzene rings is 1. The fourth-order valence-electron chi connectivity index (χ4n) is 3.22. The molecular weight excluding hydrogens is 342 g/mol. The maximum Gasteiger partial charge on any atom is 0.270 e. The van der Waals surface area contributed by atoms with E-state index < -0.39 is 0 Å². The third kappa shape index (κ3) is 4.98. The molecule has 0 saturated carbocycles. The molecule has 0 atom stereocenters. The van der Waals surface area contributed by atoms with E-state index in [0.29, 0.717) is 30.8 Å². The van der Waals surface area contributed by atoms with E-state index in [0.717, 1.165) is 38.2 Å². The van der Waals surface area contributed by atoms with Crippen molar-refractivity contribution in [3.05, 3.63) is 53.9 Å². The highest BCUT2D eigenvalue weighted by molar-refractivity contribution is 6.08. The number of ether oxygens (including phenoxy) is 1. The quantitative estimate of drug-likeness (QED) is 0.690. The SMILES string of the molecule is CN1CCC(=O)c2ccn(CCCCNCCOc3ccccc3)c2C1=O. The first kappa shape index (κ1) is 19.2. The van der Waals surface area contributed by atoms with Crippen LogP contribution in [0.25, 0.3) is 0 Å². The molecule has 144 valence electrons. The predicted molar refractivity (Wildman–Crippen MR) is 104 cm³/mol. The average molecular weight is 369 g/mol. The summed E-state index contributed by atoms with van der Waals surface area (Å²) in [5.41, 5.74) is 1.12. The highest BCUT2D eigenvalue weighted by Gasteiger charge is 2.27. The molecule has 0 fully saturated rings. The molecule has 1 N–H and O–H groups in total. The number of hydrogen-bond donors (Lipinski definition) is 1. The topological polar surface area (TPSA) is 63.6 Å². The largest absolute Gasteiger partial charge is 0.492 e. The Morgan fingerprint density at radius 3 is 2.70 bits per heavy atom. The van der Waals surface area contributed by atoms with Crippen molar-refractivity contribution in [1.82, 2.24) is 14.8 Å². The van der Waals surface area contributed by atoms with E-state index in [2.05, 4.69) is 5.32 Å². The Balaban J connectivity index is 1.38. The molecule has 1 aromatic carbocycles. The molecule has 2 heterocycles. The molecule has 0 unspecified atom stereocenters. The first-order chi connectivity index (χ1) is 13.2. The average Bonchev–Trinajstić information content (AvgIpc) is 3.07. The van der Waals surface area contributed by atoms with Crippen LogP contribution in [0.4, 0.5) is 0 Å². The number of ketones is 1. The van der Waals surface area contributed by atoms with E-state index in [9.17, 15) is 9.59 Å². The molecule has 6 heteroatoms. The van der Waals surface area contributed by atoms with Crippen LogP contribution in [0, 0.1) is 0 Å². The molecule has 0 saturated heterocycles. The van der Waals surface area contributed by atoms with Gasteiger partial charge in [0, 0.05) is 44.9 Å². The monoisotopic (exact) mass is 369 g/mol. The minimum atomic E-state index is -0.0583. The van der Waals surface area contributed by atoms with Crippen LogP contribution in [0.15, 0.2) is 42.6 Å². The van der Waals surface area contributed by atoms with Crippen LogP contribution < -0.4 is 10.1 Å². The van der Waals surface area contributed by atoms with Gasteiger partial charge in [0.1, 0.15) is 18.1 Å². The fraction of sp³-hybridized carbons (Fsp3) is 0.429. The van der Waals surface area contributed by atoms with Crippen LogP contribution >= 0.6 is 0 Å². The molecule has 0 bridgehead atoms. The van der Waals surface area contributed by atoms with E-state index in [1.54, 1.807) is 18.0 Å². The molecule has 3 rings (SSSR count). The van der Waals surface area contributed by atoms with Crippen molar-refractivity contribution in [2.24, 2.45) is 0 Å². The van der Waals surface area contributed by atoms with Gasteiger partial charge in [-0.1, -0.05) is 18.2 Å². The number of amides is 1. The highest BCUT2D eigenvalue weighted by Crippen LogP contribution is 2.20. The predicted octanol–water partition coefficient (Wildman–Crippen LogP) is 2.60. The van der Waals surface area contributed by atoms with E-state index in [1.165, 1.54) is 0 Å². The molecule has 1 amide bonds. The van der Waals surface area contributed by atoms with Gasteiger partial charge in [0.15, 0.2) is 5.78 Å². The number of para-hydroxylation sites is 1. The van der Waals surface area contributed by atoms with Gasteiger partial charge in [0.2, 0.25) is 0 Å². The number of fused-ring (bicyclic) bond motifs is 1. The Kier molecular flexibility index (Phi) is 6.65. The number of rotatable bonds is 9. The third-order valence-corrected chi connectivity index (χ3v) is 4.78. The molecule has 6 nitrogen and oxygen atoms in total. The zero-order chi connectivity index (χ0) is 19.1. The first-order valence-electron chi connectivity index (χ1n) is 9.53. The molecule has 1 aromatic heterocycles. The number of unbranched alkanes of at least 4 members (excludes halogenated alkanes) is 1. The summed E-state index contributed by atoms with van der Waals surface area (Å²) in [6.45, 7) is 3.56. The van der Waals surface area contributed by atoms with Gasteiger partial charge in [0.05, 0.1) is 0 Å². The van der Waals surface area contributed by atoms with E-state index in [1.807, 2.05) is 41.1 Å². The van der Waals surface area contributed by atoms with Gasteiger partial charge in [-0.05, 0) is 37.6 Å². The summed E-state index contributed by atoms with van der Waals surface area (Å²) in [6, 6.07) is 11.6. The number of hydrogen-bond acceptors (Lipinski definition) is 4. The number of carbonyl (C=O) groups excluding carboxylic acids is 2. The van der Waals surface area contributed by atoms with E-state index in [4.69, 9.17) is 4.74 Å². The number of nitrogens with one attached hydrogen (secondary N) is 1. The summed E-state index contributed by atoms with van der Waals surface area (Å²) in [5, 5.41) is 3.37. The zero-order valence-corrected chi connectivity index (χ0v) is 15.8. The Morgan fingerprint density at radius 1 is 1.07 bits per heavy atom. The summed E-state index contributed by atoms with van der Waals surface area (Å²) in [5.74, 6) is 0.885. The summed E-state index contributed by atoms with van der Waals surface area (Å²) < 4.78 is 7.56. The summed E-state index contributed by atoms with van der Waals surface area (Å²) in [7, 11) is 1.75. The van der Waals surface area contributed by atoms with Crippen molar-refractivity contribution in [3.63, 3.8) is 0 Å². The Bertz CT molecular complexity index is 770. The number of carbonyl (C=O) groups is 2. The number of nitrogens with zero attached hydrogens (tertiary/aromatic N) is 2. The molecule has 0 spiro atoms. The van der Waals surface area contributed by atoms with Crippen molar-refractivity contribution < 1.29 is 14.3 Å². The molecule has 0 aliphatic carbocycles. The van der Waals surface area contributed by atoms with Gasteiger partial charge in [0.25, 0.3) is 5.91 Å². The number of aryl methyl sites for hydroxylation is 1.